The molecular formula is C23H22ClNO5S. The van der Waals surface area contributed by atoms with Crippen LogP contribution in [0.2, 0.25) is 5.02 Å². The summed E-state index contributed by atoms with van der Waals surface area (Å²) in [5, 5.41) is 1.30. The number of methoxy groups -OCH3 is 3. The molecule has 31 heavy (non-hydrogen) atoms. The summed E-state index contributed by atoms with van der Waals surface area (Å²) >= 11 is 7.94. The maximum absolute atomic E-state index is 13.6. The second-order valence-corrected chi connectivity index (χ2v) is 8.62. The number of rotatable bonds is 5. The average Bonchev–Trinajstić information content (AvgIpc) is 3.14. The van der Waals surface area contributed by atoms with Crippen molar-refractivity contribution in [2.45, 2.75) is 18.9 Å². The van der Waals surface area contributed by atoms with E-state index < -0.39 is 12.0 Å². The van der Waals surface area contributed by atoms with Gasteiger partial charge < -0.3 is 19.1 Å². The predicted molar refractivity (Wildman–Crippen MR) is 120 cm³/mol. The minimum Gasteiger partial charge on any atom is -0.493 e. The highest BCUT2D eigenvalue weighted by molar-refractivity contribution is 7.21. The van der Waals surface area contributed by atoms with Crippen LogP contribution in [0.25, 0.3) is 10.1 Å². The summed E-state index contributed by atoms with van der Waals surface area (Å²) in [5.74, 6) is 0.573. The van der Waals surface area contributed by atoms with Crippen LogP contribution in [0.15, 0.2) is 36.4 Å². The van der Waals surface area contributed by atoms with E-state index in [0.717, 1.165) is 21.2 Å². The number of fused-ring (bicyclic) bond motifs is 2. The molecule has 162 valence electrons. The van der Waals surface area contributed by atoms with E-state index in [1.165, 1.54) is 18.4 Å². The molecular weight excluding hydrogens is 438 g/mol. The summed E-state index contributed by atoms with van der Waals surface area (Å²) in [5.41, 5.74) is 1.86. The molecule has 3 aromatic rings. The normalized spacial score (nSPS) is 15.5. The molecule has 0 fully saturated rings. The Kier molecular flexibility index (Phi) is 6.07. The maximum Gasteiger partial charge on any atom is 0.307 e. The smallest absolute Gasteiger partial charge is 0.307 e. The summed E-state index contributed by atoms with van der Waals surface area (Å²) in [4.78, 5) is 28.0. The van der Waals surface area contributed by atoms with Gasteiger partial charge in [0.15, 0.2) is 11.5 Å². The van der Waals surface area contributed by atoms with Crippen molar-refractivity contribution >= 4 is 44.9 Å². The van der Waals surface area contributed by atoms with E-state index in [9.17, 15) is 9.59 Å². The molecule has 1 amide bonds. The number of esters is 1. The highest BCUT2D eigenvalue weighted by Crippen LogP contribution is 2.42. The fraction of sp³-hybridized carbons (Fsp3) is 0.304. The zero-order valence-corrected chi connectivity index (χ0v) is 19.0. The van der Waals surface area contributed by atoms with Crippen LogP contribution >= 0.6 is 22.9 Å². The van der Waals surface area contributed by atoms with Gasteiger partial charge in [-0.15, -0.1) is 11.3 Å². The van der Waals surface area contributed by atoms with Gasteiger partial charge in [-0.1, -0.05) is 29.8 Å². The van der Waals surface area contributed by atoms with Gasteiger partial charge >= 0.3 is 5.97 Å². The Hall–Kier alpha value is -2.77. The average molecular weight is 460 g/mol. The fourth-order valence-corrected chi connectivity index (χ4v) is 5.48. The standard InChI is InChI=1S/C23H22ClNO5S/c1-28-17-10-13-8-9-25(16(12-20(26)30-3)15(13)11-18(17)29-2)23(27)22-21(24)14-6-4-5-7-19(14)31-22/h4-7,10-11,16H,8-9,12H2,1-3H3. The molecule has 8 heteroatoms. The largest absolute Gasteiger partial charge is 0.493 e. The van der Waals surface area contributed by atoms with Gasteiger partial charge in [0.05, 0.1) is 38.8 Å². The molecule has 6 nitrogen and oxygen atoms in total. The third kappa shape index (κ3) is 3.83. The summed E-state index contributed by atoms with van der Waals surface area (Å²) in [7, 11) is 4.48. The lowest BCUT2D eigenvalue weighted by Crippen LogP contribution is -2.41. The van der Waals surface area contributed by atoms with Gasteiger partial charge in [0.1, 0.15) is 4.88 Å². The predicted octanol–water partition coefficient (Wildman–Crippen LogP) is 4.87. The lowest BCUT2D eigenvalue weighted by Gasteiger charge is -2.37. The van der Waals surface area contributed by atoms with Gasteiger partial charge in [-0.05, 0) is 35.7 Å². The van der Waals surface area contributed by atoms with E-state index in [2.05, 4.69) is 0 Å². The molecule has 1 aliphatic rings. The summed E-state index contributed by atoms with van der Waals surface area (Å²) < 4.78 is 16.7. The van der Waals surface area contributed by atoms with Gasteiger partial charge in [0.25, 0.3) is 5.91 Å². The number of benzene rings is 2. The van der Waals surface area contributed by atoms with E-state index in [-0.39, 0.29) is 12.3 Å². The van der Waals surface area contributed by atoms with E-state index in [0.29, 0.717) is 34.4 Å². The monoisotopic (exact) mass is 459 g/mol. The molecule has 0 N–H and O–H groups in total. The van der Waals surface area contributed by atoms with Crippen molar-refractivity contribution in [1.29, 1.82) is 0 Å². The number of nitrogens with zero attached hydrogens (tertiary/aromatic N) is 1. The molecule has 2 heterocycles. The van der Waals surface area contributed by atoms with Crippen molar-refractivity contribution in [2.24, 2.45) is 0 Å². The van der Waals surface area contributed by atoms with Crippen molar-refractivity contribution in [3.05, 3.63) is 57.4 Å². The number of ether oxygens (including phenoxy) is 3. The first-order valence-corrected chi connectivity index (χ1v) is 11.0. The third-order valence-corrected chi connectivity index (χ3v) is 7.24. The molecule has 0 spiro atoms. The van der Waals surface area contributed by atoms with Crippen LogP contribution in [0.3, 0.4) is 0 Å². The van der Waals surface area contributed by atoms with Crippen molar-refractivity contribution in [2.75, 3.05) is 27.9 Å². The molecule has 2 aromatic carbocycles. The van der Waals surface area contributed by atoms with Gasteiger partial charge in [0.2, 0.25) is 0 Å². The van der Waals surface area contributed by atoms with E-state index in [1.54, 1.807) is 19.1 Å². The molecule has 1 aromatic heterocycles. The number of thiophene rings is 1. The lowest BCUT2D eigenvalue weighted by molar-refractivity contribution is -0.141. The highest BCUT2D eigenvalue weighted by Gasteiger charge is 2.36. The Morgan fingerprint density at radius 3 is 2.52 bits per heavy atom. The van der Waals surface area contributed by atoms with Gasteiger partial charge in [-0.2, -0.15) is 0 Å². The Bertz CT molecular complexity index is 1160. The number of hydrogen-bond donors (Lipinski definition) is 0. The van der Waals surface area contributed by atoms with Gasteiger partial charge in [-0.3, -0.25) is 9.59 Å². The number of halogens is 1. The number of amides is 1. The number of carbonyl (C=O) groups excluding carboxylic acids is 2. The van der Waals surface area contributed by atoms with Crippen LogP contribution < -0.4 is 9.47 Å². The summed E-state index contributed by atoms with van der Waals surface area (Å²) in [6, 6.07) is 10.9. The third-order valence-electron chi connectivity index (χ3n) is 5.58. The Morgan fingerprint density at radius 1 is 1.13 bits per heavy atom. The fourth-order valence-electron chi connectivity index (χ4n) is 4.01. The van der Waals surface area contributed by atoms with E-state index in [4.69, 9.17) is 25.8 Å². The Labute approximate surface area is 189 Å². The van der Waals surface area contributed by atoms with Crippen LogP contribution in [0.1, 0.15) is 33.3 Å². The zero-order chi connectivity index (χ0) is 22.1. The van der Waals surface area contributed by atoms with Crippen LogP contribution in [-0.2, 0) is 16.0 Å². The summed E-state index contributed by atoms with van der Waals surface area (Å²) in [6.45, 7) is 0.452. The van der Waals surface area contributed by atoms with Crippen LogP contribution in [0.4, 0.5) is 0 Å². The first-order chi connectivity index (χ1) is 15.0. The minimum atomic E-state index is -0.496. The topological polar surface area (TPSA) is 65.1 Å². The van der Waals surface area contributed by atoms with Crippen molar-refractivity contribution in [1.82, 2.24) is 4.90 Å². The highest BCUT2D eigenvalue weighted by atomic mass is 35.5. The SMILES string of the molecule is COC(=O)CC1c2cc(OC)c(OC)cc2CCN1C(=O)c1sc2ccccc2c1Cl. The minimum absolute atomic E-state index is 0.0350. The second-order valence-electron chi connectivity index (χ2n) is 7.19. The lowest BCUT2D eigenvalue weighted by atomic mass is 9.89. The molecule has 0 bridgehead atoms. The Balaban J connectivity index is 1.78. The first-order valence-electron chi connectivity index (χ1n) is 9.78. The van der Waals surface area contributed by atoms with Gasteiger partial charge in [0, 0.05) is 16.6 Å². The first kappa shape index (κ1) is 21.5. The molecule has 1 atom stereocenters. The number of hydrogen-bond acceptors (Lipinski definition) is 6. The van der Waals surface area contributed by atoms with Crippen LogP contribution in [0.5, 0.6) is 11.5 Å². The molecule has 1 aliphatic heterocycles. The van der Waals surface area contributed by atoms with E-state index >= 15 is 0 Å². The molecule has 4 rings (SSSR count). The Morgan fingerprint density at radius 2 is 1.84 bits per heavy atom. The van der Waals surface area contributed by atoms with Crippen LogP contribution in [0, 0.1) is 0 Å². The van der Waals surface area contributed by atoms with Crippen molar-refractivity contribution < 1.29 is 23.8 Å². The molecule has 0 saturated heterocycles. The number of carbonyl (C=O) groups is 2. The molecule has 1 unspecified atom stereocenters. The van der Waals surface area contributed by atoms with Crippen LogP contribution in [-0.4, -0.2) is 44.7 Å². The molecule has 0 aliphatic carbocycles. The van der Waals surface area contributed by atoms with Crippen molar-refractivity contribution in [3.8, 4) is 11.5 Å². The second kappa shape index (κ2) is 8.77. The molecule has 0 radical (unpaired) electrons. The zero-order valence-electron chi connectivity index (χ0n) is 17.4. The van der Waals surface area contributed by atoms with Crippen molar-refractivity contribution in [3.63, 3.8) is 0 Å². The van der Waals surface area contributed by atoms with E-state index in [1.807, 2.05) is 36.4 Å². The summed E-state index contributed by atoms with van der Waals surface area (Å²) in [6.07, 6.45) is 0.662. The molecule has 0 saturated carbocycles. The maximum atomic E-state index is 13.6. The van der Waals surface area contributed by atoms with Gasteiger partial charge in [-0.25, -0.2) is 0 Å². The quantitative estimate of drug-likeness (QED) is 0.509.